The molecule has 0 saturated heterocycles. The molecule has 0 amide bonds. The van der Waals surface area contributed by atoms with Crippen molar-refractivity contribution in [3.63, 3.8) is 0 Å². The van der Waals surface area contributed by atoms with Crippen LogP contribution < -0.4 is 0 Å². The van der Waals surface area contributed by atoms with Crippen molar-refractivity contribution in [1.82, 2.24) is 4.90 Å². The Labute approximate surface area is 101 Å². The van der Waals surface area contributed by atoms with Gasteiger partial charge in [-0.05, 0) is 44.7 Å². The fraction of sp³-hybridized carbons (Fsp3) is 1.00. The highest BCUT2D eigenvalue weighted by Crippen LogP contribution is 2.36. The van der Waals surface area contributed by atoms with Gasteiger partial charge in [-0.2, -0.15) is 0 Å². The van der Waals surface area contributed by atoms with Crippen LogP contribution >= 0.6 is 0 Å². The molecule has 0 aromatic rings. The van der Waals surface area contributed by atoms with E-state index in [1.54, 1.807) is 0 Å². The van der Waals surface area contributed by atoms with Gasteiger partial charge in [0.1, 0.15) is 0 Å². The molecule has 2 atom stereocenters. The van der Waals surface area contributed by atoms with Crippen LogP contribution in [-0.2, 0) is 0 Å². The van der Waals surface area contributed by atoms with Crippen LogP contribution in [-0.4, -0.2) is 35.2 Å². The van der Waals surface area contributed by atoms with Gasteiger partial charge in [-0.3, -0.25) is 4.90 Å². The predicted molar refractivity (Wildman–Crippen MR) is 69.6 cm³/mol. The zero-order chi connectivity index (χ0) is 12.0. The van der Waals surface area contributed by atoms with Crippen LogP contribution in [0.5, 0.6) is 0 Å². The van der Waals surface area contributed by atoms with Gasteiger partial charge in [0.15, 0.2) is 0 Å². The third-order valence-corrected chi connectivity index (χ3v) is 4.02. The van der Waals surface area contributed by atoms with Gasteiger partial charge in [-0.1, -0.05) is 33.6 Å². The summed E-state index contributed by atoms with van der Waals surface area (Å²) in [4.78, 5) is 2.56. The largest absolute Gasteiger partial charge is 0.394 e. The molecule has 0 aliphatic heterocycles. The zero-order valence-corrected chi connectivity index (χ0v) is 11.3. The lowest BCUT2D eigenvalue weighted by atomic mass is 9.75. The van der Waals surface area contributed by atoms with E-state index in [-0.39, 0.29) is 5.54 Å². The summed E-state index contributed by atoms with van der Waals surface area (Å²) in [6.07, 6.45) is 7.38. The fourth-order valence-corrected chi connectivity index (χ4v) is 3.29. The Balaban J connectivity index is 2.72. The van der Waals surface area contributed by atoms with Crippen LogP contribution in [0.4, 0.5) is 0 Å². The Morgan fingerprint density at radius 2 is 1.88 bits per heavy atom. The molecule has 1 saturated carbocycles. The number of aliphatic hydroxyl groups is 1. The number of hydrogen-bond acceptors (Lipinski definition) is 2. The number of aliphatic hydroxyl groups excluding tert-OH is 1. The second kappa shape index (κ2) is 6.61. The normalized spacial score (nSPS) is 30.9. The number of hydrogen-bond donors (Lipinski definition) is 1. The average molecular weight is 227 g/mol. The summed E-state index contributed by atoms with van der Waals surface area (Å²) in [5.41, 5.74) is 0.101. The van der Waals surface area contributed by atoms with E-state index in [1.165, 1.54) is 38.5 Å². The third-order valence-electron chi connectivity index (χ3n) is 4.02. The Morgan fingerprint density at radius 1 is 1.25 bits per heavy atom. The predicted octanol–water partition coefficient (Wildman–Crippen LogP) is 3.05. The SMILES string of the molecule is CCCN(CCC)C1(CO)CCCC(C)C1. The van der Waals surface area contributed by atoms with Gasteiger partial charge in [0, 0.05) is 5.54 Å². The summed E-state index contributed by atoms with van der Waals surface area (Å²) in [5.74, 6) is 0.775. The molecule has 0 aromatic carbocycles. The van der Waals surface area contributed by atoms with Gasteiger partial charge in [0.05, 0.1) is 6.61 Å². The summed E-state index contributed by atoms with van der Waals surface area (Å²) in [7, 11) is 0. The third kappa shape index (κ3) is 3.21. The topological polar surface area (TPSA) is 23.5 Å². The molecule has 0 bridgehead atoms. The van der Waals surface area contributed by atoms with Gasteiger partial charge in [-0.15, -0.1) is 0 Å². The van der Waals surface area contributed by atoms with Crippen LogP contribution in [0.1, 0.15) is 59.3 Å². The molecule has 1 rings (SSSR count). The molecule has 0 spiro atoms. The Hall–Kier alpha value is -0.0800. The Morgan fingerprint density at radius 3 is 2.31 bits per heavy atom. The highest BCUT2D eigenvalue weighted by Gasteiger charge is 2.38. The summed E-state index contributed by atoms with van der Waals surface area (Å²) < 4.78 is 0. The molecule has 1 fully saturated rings. The van der Waals surface area contributed by atoms with Crippen LogP contribution in [0.15, 0.2) is 0 Å². The highest BCUT2D eigenvalue weighted by molar-refractivity contribution is 4.94. The van der Waals surface area contributed by atoms with Crippen LogP contribution in [0.3, 0.4) is 0 Å². The lowest BCUT2D eigenvalue weighted by Crippen LogP contribution is -2.54. The van der Waals surface area contributed by atoms with Crippen molar-refractivity contribution >= 4 is 0 Å². The van der Waals surface area contributed by atoms with E-state index in [0.717, 1.165) is 19.0 Å². The summed E-state index contributed by atoms with van der Waals surface area (Å²) in [6.45, 7) is 9.43. The van der Waals surface area contributed by atoms with Crippen molar-refractivity contribution in [2.75, 3.05) is 19.7 Å². The van der Waals surface area contributed by atoms with Gasteiger partial charge < -0.3 is 5.11 Å². The standard InChI is InChI=1S/C14H29NO/c1-4-9-15(10-5-2)14(12-16)8-6-7-13(3)11-14/h13,16H,4-12H2,1-3H3. The van der Waals surface area contributed by atoms with Crippen LogP contribution in [0, 0.1) is 5.92 Å². The minimum absolute atomic E-state index is 0.101. The van der Waals surface area contributed by atoms with Gasteiger partial charge >= 0.3 is 0 Å². The van der Waals surface area contributed by atoms with Crippen LogP contribution in [0.25, 0.3) is 0 Å². The zero-order valence-electron chi connectivity index (χ0n) is 11.3. The Bertz CT molecular complexity index is 189. The second-order valence-corrected chi connectivity index (χ2v) is 5.57. The summed E-state index contributed by atoms with van der Waals surface area (Å²) in [5, 5.41) is 9.84. The maximum atomic E-state index is 9.84. The first kappa shape index (κ1) is 14.0. The maximum Gasteiger partial charge on any atom is 0.0615 e. The molecule has 2 nitrogen and oxygen atoms in total. The maximum absolute atomic E-state index is 9.84. The molecule has 96 valence electrons. The molecular formula is C14H29NO. The van der Waals surface area contributed by atoms with Crippen molar-refractivity contribution in [1.29, 1.82) is 0 Å². The number of nitrogens with zero attached hydrogens (tertiary/aromatic N) is 1. The van der Waals surface area contributed by atoms with E-state index in [2.05, 4.69) is 25.7 Å². The molecule has 0 aromatic heterocycles. The summed E-state index contributed by atoms with van der Waals surface area (Å²) >= 11 is 0. The Kier molecular flexibility index (Phi) is 5.77. The molecule has 16 heavy (non-hydrogen) atoms. The van der Waals surface area contributed by atoms with E-state index in [0.29, 0.717) is 6.61 Å². The first-order valence-corrected chi connectivity index (χ1v) is 7.04. The lowest BCUT2D eigenvalue weighted by molar-refractivity contribution is -0.0130. The van der Waals surface area contributed by atoms with E-state index in [9.17, 15) is 5.11 Å². The second-order valence-electron chi connectivity index (χ2n) is 5.57. The van der Waals surface area contributed by atoms with Crippen molar-refractivity contribution in [3.8, 4) is 0 Å². The minimum atomic E-state index is 0.101. The van der Waals surface area contributed by atoms with Gasteiger partial charge in [0.2, 0.25) is 0 Å². The van der Waals surface area contributed by atoms with E-state index >= 15 is 0 Å². The first-order chi connectivity index (χ1) is 7.68. The van der Waals surface area contributed by atoms with Crippen molar-refractivity contribution in [2.24, 2.45) is 5.92 Å². The average Bonchev–Trinajstić information content (AvgIpc) is 2.28. The highest BCUT2D eigenvalue weighted by atomic mass is 16.3. The molecule has 1 aliphatic rings. The molecule has 2 heteroatoms. The molecule has 1 N–H and O–H groups in total. The molecule has 1 aliphatic carbocycles. The van der Waals surface area contributed by atoms with E-state index in [4.69, 9.17) is 0 Å². The van der Waals surface area contributed by atoms with E-state index in [1.807, 2.05) is 0 Å². The molecule has 0 radical (unpaired) electrons. The summed E-state index contributed by atoms with van der Waals surface area (Å²) in [6, 6.07) is 0. The fourth-order valence-electron chi connectivity index (χ4n) is 3.29. The molecule has 0 heterocycles. The quantitative estimate of drug-likeness (QED) is 0.754. The molecule has 2 unspecified atom stereocenters. The smallest absolute Gasteiger partial charge is 0.0615 e. The van der Waals surface area contributed by atoms with E-state index < -0.39 is 0 Å². The van der Waals surface area contributed by atoms with Crippen molar-refractivity contribution in [2.45, 2.75) is 64.8 Å². The minimum Gasteiger partial charge on any atom is -0.394 e. The van der Waals surface area contributed by atoms with Gasteiger partial charge in [0.25, 0.3) is 0 Å². The lowest BCUT2D eigenvalue weighted by Gasteiger charge is -2.47. The van der Waals surface area contributed by atoms with Gasteiger partial charge in [-0.25, -0.2) is 0 Å². The number of rotatable bonds is 6. The van der Waals surface area contributed by atoms with Crippen LogP contribution in [0.2, 0.25) is 0 Å². The first-order valence-electron chi connectivity index (χ1n) is 7.04. The molecular weight excluding hydrogens is 198 g/mol. The van der Waals surface area contributed by atoms with Crippen molar-refractivity contribution in [3.05, 3.63) is 0 Å². The monoisotopic (exact) mass is 227 g/mol. The van der Waals surface area contributed by atoms with Crippen molar-refractivity contribution < 1.29 is 5.11 Å².